The lowest BCUT2D eigenvalue weighted by molar-refractivity contribution is -0.0796. The summed E-state index contributed by atoms with van der Waals surface area (Å²) in [6, 6.07) is 8.19. The fraction of sp³-hybridized carbons (Fsp3) is 0.476. The van der Waals surface area contributed by atoms with Gasteiger partial charge in [-0.2, -0.15) is 0 Å². The predicted octanol–water partition coefficient (Wildman–Crippen LogP) is 2.60. The van der Waals surface area contributed by atoms with Crippen LogP contribution >= 0.6 is 0 Å². The van der Waals surface area contributed by atoms with Crippen molar-refractivity contribution >= 4 is 11.9 Å². The number of amidine groups is 1. The Kier molecular flexibility index (Phi) is 5.07. The summed E-state index contributed by atoms with van der Waals surface area (Å²) in [6.07, 6.45) is 6.75. The van der Waals surface area contributed by atoms with Crippen LogP contribution in [0.15, 0.2) is 47.2 Å². The standard InChI is InChI=1S/C21H28N4O2/c1-4-24-12-19-21(25(5-2)15-24)22-20(23(19)3)11-8-16-6-9-17(10-7-16)27-18-13-26-14-18/h6-12,18,20H,4-5,13-15H2,1-3H3/b11-8+. The zero-order valence-electron chi connectivity index (χ0n) is 16.3. The molecular weight excluding hydrogens is 340 g/mol. The van der Waals surface area contributed by atoms with Crippen molar-refractivity contribution in [1.29, 1.82) is 0 Å². The maximum absolute atomic E-state index is 5.81. The molecule has 144 valence electrons. The SMILES string of the molecule is CCN1C=C2C(=NC(/C=C/c3ccc(OC4COC4)cc3)N2C)N(CC)C1. The molecule has 1 fully saturated rings. The zero-order valence-corrected chi connectivity index (χ0v) is 16.3. The Balaban J connectivity index is 1.45. The highest BCUT2D eigenvalue weighted by Gasteiger charge is 2.33. The Labute approximate surface area is 161 Å². The molecule has 0 amide bonds. The molecule has 0 aromatic heterocycles. The first-order valence-electron chi connectivity index (χ1n) is 9.72. The Morgan fingerprint density at radius 2 is 1.96 bits per heavy atom. The molecule has 0 bridgehead atoms. The highest BCUT2D eigenvalue weighted by atomic mass is 16.6. The third kappa shape index (κ3) is 3.67. The molecule has 0 radical (unpaired) electrons. The van der Waals surface area contributed by atoms with E-state index in [9.17, 15) is 0 Å². The number of aliphatic imine (C=N–C) groups is 1. The monoisotopic (exact) mass is 368 g/mol. The molecule has 0 saturated carbocycles. The van der Waals surface area contributed by atoms with Crippen molar-refractivity contribution in [3.05, 3.63) is 47.8 Å². The Bertz CT molecular complexity index is 752. The molecule has 3 heterocycles. The number of benzene rings is 1. The van der Waals surface area contributed by atoms with Crippen molar-refractivity contribution in [3.8, 4) is 5.75 Å². The van der Waals surface area contributed by atoms with Crippen LogP contribution in [-0.2, 0) is 4.74 Å². The molecule has 3 aliphatic heterocycles. The van der Waals surface area contributed by atoms with Crippen molar-refractivity contribution in [1.82, 2.24) is 14.7 Å². The Hall–Kier alpha value is -2.47. The van der Waals surface area contributed by atoms with Crippen molar-refractivity contribution in [3.63, 3.8) is 0 Å². The lowest BCUT2D eigenvalue weighted by atomic mass is 10.2. The summed E-state index contributed by atoms with van der Waals surface area (Å²) in [4.78, 5) is 11.8. The number of fused-ring (bicyclic) bond motifs is 1. The van der Waals surface area contributed by atoms with Gasteiger partial charge in [-0.25, -0.2) is 4.99 Å². The van der Waals surface area contributed by atoms with Crippen molar-refractivity contribution in [2.24, 2.45) is 4.99 Å². The van der Waals surface area contributed by atoms with Gasteiger partial charge < -0.3 is 24.2 Å². The molecule has 4 rings (SSSR count). The molecule has 1 aromatic rings. The van der Waals surface area contributed by atoms with Gasteiger partial charge in [0.15, 0.2) is 5.84 Å². The van der Waals surface area contributed by atoms with Crippen molar-refractivity contribution in [2.75, 3.05) is 40.0 Å². The van der Waals surface area contributed by atoms with Crippen LogP contribution in [0.2, 0.25) is 0 Å². The lowest BCUT2D eigenvalue weighted by Crippen LogP contribution is -2.45. The Morgan fingerprint density at radius 1 is 1.19 bits per heavy atom. The molecule has 1 aromatic carbocycles. The average Bonchev–Trinajstić information content (AvgIpc) is 2.99. The largest absolute Gasteiger partial charge is 0.486 e. The van der Waals surface area contributed by atoms with Gasteiger partial charge in [0.25, 0.3) is 0 Å². The van der Waals surface area contributed by atoms with Gasteiger partial charge in [-0.15, -0.1) is 0 Å². The average molecular weight is 368 g/mol. The minimum Gasteiger partial charge on any atom is -0.486 e. The van der Waals surface area contributed by atoms with Crippen LogP contribution in [0.3, 0.4) is 0 Å². The van der Waals surface area contributed by atoms with Gasteiger partial charge in [-0.05, 0) is 37.6 Å². The summed E-state index contributed by atoms with van der Waals surface area (Å²) in [5.41, 5.74) is 2.35. The fourth-order valence-corrected chi connectivity index (χ4v) is 3.41. The molecule has 3 aliphatic rings. The van der Waals surface area contributed by atoms with E-state index in [1.807, 2.05) is 12.1 Å². The number of hydrogen-bond acceptors (Lipinski definition) is 6. The summed E-state index contributed by atoms with van der Waals surface area (Å²) >= 11 is 0. The minimum absolute atomic E-state index is 0.0279. The van der Waals surface area contributed by atoms with E-state index in [2.05, 4.69) is 66.1 Å². The second-order valence-corrected chi connectivity index (χ2v) is 7.10. The number of ether oxygens (including phenoxy) is 2. The van der Waals surface area contributed by atoms with E-state index < -0.39 is 0 Å². The molecule has 1 atom stereocenters. The molecule has 0 spiro atoms. The van der Waals surface area contributed by atoms with Gasteiger partial charge in [0, 0.05) is 26.3 Å². The first-order chi connectivity index (χ1) is 13.2. The second-order valence-electron chi connectivity index (χ2n) is 7.10. The van der Waals surface area contributed by atoms with Crippen molar-refractivity contribution < 1.29 is 9.47 Å². The van der Waals surface area contributed by atoms with Crippen LogP contribution in [-0.4, -0.2) is 72.8 Å². The van der Waals surface area contributed by atoms with Crippen LogP contribution in [0.25, 0.3) is 6.08 Å². The van der Waals surface area contributed by atoms with E-state index in [4.69, 9.17) is 14.5 Å². The van der Waals surface area contributed by atoms with E-state index >= 15 is 0 Å². The van der Waals surface area contributed by atoms with Crippen molar-refractivity contribution in [2.45, 2.75) is 26.1 Å². The molecule has 27 heavy (non-hydrogen) atoms. The van der Waals surface area contributed by atoms with Gasteiger partial charge in [-0.1, -0.05) is 18.2 Å². The molecule has 6 nitrogen and oxygen atoms in total. The zero-order chi connectivity index (χ0) is 18.8. The quantitative estimate of drug-likeness (QED) is 0.772. The minimum atomic E-state index is 0.0279. The lowest BCUT2D eigenvalue weighted by Gasteiger charge is -2.36. The smallest absolute Gasteiger partial charge is 0.152 e. The van der Waals surface area contributed by atoms with Gasteiger partial charge in [-0.3, -0.25) is 0 Å². The van der Waals surface area contributed by atoms with Crippen LogP contribution in [0.5, 0.6) is 5.75 Å². The summed E-state index contributed by atoms with van der Waals surface area (Å²) in [5.74, 6) is 2.00. The third-order valence-electron chi connectivity index (χ3n) is 5.26. The normalized spacial score (nSPS) is 22.6. The topological polar surface area (TPSA) is 40.5 Å². The van der Waals surface area contributed by atoms with E-state index in [1.165, 1.54) is 5.70 Å². The summed E-state index contributed by atoms with van der Waals surface area (Å²) in [7, 11) is 2.11. The molecule has 6 heteroatoms. The number of rotatable bonds is 6. The molecule has 1 saturated heterocycles. The third-order valence-corrected chi connectivity index (χ3v) is 5.26. The van der Waals surface area contributed by atoms with Crippen LogP contribution < -0.4 is 4.74 Å². The molecule has 1 unspecified atom stereocenters. The number of likely N-dealkylation sites (N-methyl/N-ethyl adjacent to an activating group) is 2. The van der Waals surface area contributed by atoms with Gasteiger partial charge >= 0.3 is 0 Å². The van der Waals surface area contributed by atoms with Crippen LogP contribution in [0.1, 0.15) is 19.4 Å². The molecule has 0 aliphatic carbocycles. The first-order valence-corrected chi connectivity index (χ1v) is 9.72. The van der Waals surface area contributed by atoms with Gasteiger partial charge in [0.05, 0.1) is 25.6 Å². The van der Waals surface area contributed by atoms with Gasteiger partial charge in [0.1, 0.15) is 18.0 Å². The highest BCUT2D eigenvalue weighted by molar-refractivity contribution is 6.00. The number of hydrogen-bond donors (Lipinski definition) is 0. The van der Waals surface area contributed by atoms with E-state index in [0.29, 0.717) is 13.2 Å². The number of nitrogens with zero attached hydrogens (tertiary/aromatic N) is 4. The first kappa shape index (κ1) is 17.9. The second kappa shape index (κ2) is 7.64. The van der Waals surface area contributed by atoms with E-state index in [-0.39, 0.29) is 12.3 Å². The van der Waals surface area contributed by atoms with Gasteiger partial charge in [0.2, 0.25) is 0 Å². The summed E-state index contributed by atoms with van der Waals surface area (Å²) in [6.45, 7) is 8.62. The Morgan fingerprint density at radius 3 is 2.59 bits per heavy atom. The summed E-state index contributed by atoms with van der Waals surface area (Å²) < 4.78 is 11.0. The van der Waals surface area contributed by atoms with E-state index in [1.54, 1.807) is 0 Å². The maximum atomic E-state index is 5.81. The predicted molar refractivity (Wildman–Crippen MR) is 107 cm³/mol. The van der Waals surface area contributed by atoms with Crippen LogP contribution in [0.4, 0.5) is 0 Å². The summed E-state index contributed by atoms with van der Waals surface area (Å²) in [5, 5.41) is 0. The molecule has 0 N–H and O–H groups in total. The van der Waals surface area contributed by atoms with E-state index in [0.717, 1.165) is 36.9 Å². The fourth-order valence-electron chi connectivity index (χ4n) is 3.41. The molecular formula is C21H28N4O2. The van der Waals surface area contributed by atoms with Crippen LogP contribution in [0, 0.1) is 0 Å². The highest BCUT2D eigenvalue weighted by Crippen LogP contribution is 2.26. The maximum Gasteiger partial charge on any atom is 0.152 e.